The maximum atomic E-state index is 10.2. The first-order valence-electron chi connectivity index (χ1n) is 13.2. The van der Waals surface area contributed by atoms with E-state index in [0.29, 0.717) is 10.8 Å². The molecule has 0 amide bonds. The second kappa shape index (κ2) is 9.60. The third kappa shape index (κ3) is 4.32. The van der Waals surface area contributed by atoms with E-state index in [0.717, 1.165) is 55.3 Å². The summed E-state index contributed by atoms with van der Waals surface area (Å²) in [6.07, 6.45) is 16.3. The van der Waals surface area contributed by atoms with Crippen LogP contribution < -0.4 is 0 Å². The lowest BCUT2D eigenvalue weighted by Gasteiger charge is -2.61. The summed E-state index contributed by atoms with van der Waals surface area (Å²) >= 11 is 0. The van der Waals surface area contributed by atoms with Crippen molar-refractivity contribution in [1.82, 2.24) is 0 Å². The molecule has 7 unspecified atom stereocenters. The largest absolute Gasteiger partial charge is 0.393 e. The lowest BCUT2D eigenvalue weighted by Crippen LogP contribution is -2.53. The molecule has 4 aliphatic carbocycles. The van der Waals surface area contributed by atoms with Gasteiger partial charge in [-0.3, -0.25) is 0 Å². The minimum atomic E-state index is -0.0809. The fourth-order valence-electron chi connectivity index (χ4n) is 8.62. The van der Waals surface area contributed by atoms with Gasteiger partial charge in [-0.05, 0) is 117 Å². The molecule has 0 aromatic carbocycles. The molecule has 0 aromatic rings. The molecule has 29 heavy (non-hydrogen) atoms. The van der Waals surface area contributed by atoms with Crippen molar-refractivity contribution in [2.75, 3.05) is 0 Å². The highest BCUT2D eigenvalue weighted by atomic mass is 16.3. The van der Waals surface area contributed by atoms with Crippen LogP contribution in [-0.2, 0) is 0 Å². The Hall–Kier alpha value is -0.0800. The summed E-state index contributed by atoms with van der Waals surface area (Å²) in [5, 5.41) is 20.1. The molecule has 4 rings (SSSR count). The van der Waals surface area contributed by atoms with Crippen molar-refractivity contribution in [2.45, 2.75) is 130 Å². The van der Waals surface area contributed by atoms with Gasteiger partial charge >= 0.3 is 0 Å². The van der Waals surface area contributed by atoms with Crippen molar-refractivity contribution in [1.29, 1.82) is 0 Å². The molecule has 0 saturated heterocycles. The lowest BCUT2D eigenvalue weighted by atomic mass is 9.44. The fourth-order valence-corrected chi connectivity index (χ4v) is 8.62. The Morgan fingerprint density at radius 3 is 2.31 bits per heavy atom. The van der Waals surface area contributed by atoms with Gasteiger partial charge in [-0.25, -0.2) is 0 Å². The number of aliphatic hydroxyl groups is 2. The normalized spacial score (nSPS) is 47.3. The van der Waals surface area contributed by atoms with Crippen molar-refractivity contribution in [2.24, 2.45) is 40.4 Å². The van der Waals surface area contributed by atoms with Gasteiger partial charge in [0, 0.05) is 0 Å². The first-order valence-corrected chi connectivity index (χ1v) is 13.2. The highest BCUT2D eigenvalue weighted by molar-refractivity contribution is 5.09. The molecule has 0 spiro atoms. The van der Waals surface area contributed by atoms with E-state index in [1.54, 1.807) is 0 Å². The van der Waals surface area contributed by atoms with Gasteiger partial charge in [0.15, 0.2) is 0 Å². The van der Waals surface area contributed by atoms with Gasteiger partial charge in [-0.15, -0.1) is 0 Å². The first-order chi connectivity index (χ1) is 13.9. The minimum Gasteiger partial charge on any atom is -0.393 e. The summed E-state index contributed by atoms with van der Waals surface area (Å²) in [5.41, 5.74) is 1.07. The molecule has 0 radical (unpaired) electrons. The predicted octanol–water partition coefficient (Wildman–Crippen LogP) is 6.97. The zero-order chi connectivity index (χ0) is 21.2. The van der Waals surface area contributed by atoms with Gasteiger partial charge < -0.3 is 10.2 Å². The Bertz CT molecular complexity index is 519. The van der Waals surface area contributed by atoms with Crippen molar-refractivity contribution in [3.63, 3.8) is 0 Å². The molecule has 170 valence electrons. The first kappa shape index (κ1) is 23.6. The maximum Gasteiger partial charge on any atom is 0.0543 e. The number of hydrogen-bond donors (Lipinski definition) is 2. The molecule has 9 atom stereocenters. The molecule has 0 aliphatic heterocycles. The summed E-state index contributed by atoms with van der Waals surface area (Å²) in [7, 11) is 0. The molecule has 2 nitrogen and oxygen atoms in total. The van der Waals surface area contributed by atoms with Crippen LogP contribution in [0, 0.1) is 40.4 Å². The summed E-state index contributed by atoms with van der Waals surface area (Å²) < 4.78 is 0. The molecule has 0 bridgehead atoms. The van der Waals surface area contributed by atoms with Crippen LogP contribution in [0.4, 0.5) is 0 Å². The van der Waals surface area contributed by atoms with Gasteiger partial charge in [0.25, 0.3) is 0 Å². The molecular formula is C27H50O2. The average molecular weight is 407 g/mol. The summed E-state index contributed by atoms with van der Waals surface area (Å²) in [6, 6.07) is 0. The maximum absolute atomic E-state index is 10.2. The molecule has 4 fully saturated rings. The van der Waals surface area contributed by atoms with Crippen LogP contribution >= 0.6 is 0 Å². The molecule has 4 aliphatic rings. The van der Waals surface area contributed by atoms with E-state index < -0.39 is 0 Å². The van der Waals surface area contributed by atoms with Gasteiger partial charge in [-0.1, -0.05) is 41.0 Å². The van der Waals surface area contributed by atoms with Crippen LogP contribution in [0.25, 0.3) is 0 Å². The van der Waals surface area contributed by atoms with E-state index in [1.165, 1.54) is 57.8 Å². The summed E-state index contributed by atoms with van der Waals surface area (Å²) in [4.78, 5) is 0. The van der Waals surface area contributed by atoms with Crippen molar-refractivity contribution >= 4 is 0 Å². The van der Waals surface area contributed by atoms with E-state index in [9.17, 15) is 10.2 Å². The van der Waals surface area contributed by atoms with Gasteiger partial charge in [-0.2, -0.15) is 0 Å². The van der Waals surface area contributed by atoms with Crippen LogP contribution in [0.2, 0.25) is 0 Å². The Morgan fingerprint density at radius 1 is 0.897 bits per heavy atom. The van der Waals surface area contributed by atoms with Gasteiger partial charge in [0.05, 0.1) is 12.2 Å². The van der Waals surface area contributed by atoms with Crippen molar-refractivity contribution in [3.8, 4) is 0 Å². The monoisotopic (exact) mass is 406 g/mol. The molecule has 2 N–H and O–H groups in total. The van der Waals surface area contributed by atoms with Crippen LogP contribution in [0.5, 0.6) is 0 Å². The van der Waals surface area contributed by atoms with E-state index in [4.69, 9.17) is 0 Å². The number of aliphatic hydroxyl groups excluding tert-OH is 2. The number of rotatable bonds is 5. The van der Waals surface area contributed by atoms with Crippen molar-refractivity contribution in [3.05, 3.63) is 0 Å². The average Bonchev–Trinajstić information content (AvgIpc) is 3.06. The van der Waals surface area contributed by atoms with Crippen LogP contribution in [-0.4, -0.2) is 22.4 Å². The Balaban J connectivity index is 0.00000117. The summed E-state index contributed by atoms with van der Waals surface area (Å²) in [5.74, 6) is 4.49. The van der Waals surface area contributed by atoms with Crippen molar-refractivity contribution < 1.29 is 10.2 Å². The second-order valence-electron chi connectivity index (χ2n) is 11.4. The Labute approximate surface area is 181 Å². The van der Waals surface area contributed by atoms with Crippen LogP contribution in [0.3, 0.4) is 0 Å². The van der Waals surface area contributed by atoms with Gasteiger partial charge in [0.1, 0.15) is 0 Å². The molecule has 2 heteroatoms. The number of hydrogen-bond acceptors (Lipinski definition) is 2. The Morgan fingerprint density at radius 2 is 1.59 bits per heavy atom. The minimum absolute atomic E-state index is 0.0252. The third-order valence-corrected chi connectivity index (χ3v) is 10.4. The van der Waals surface area contributed by atoms with E-state index in [1.807, 2.05) is 13.8 Å². The molecule has 4 saturated carbocycles. The highest BCUT2D eigenvalue weighted by Gasteiger charge is 2.59. The third-order valence-electron chi connectivity index (χ3n) is 10.4. The Kier molecular flexibility index (Phi) is 7.80. The van der Waals surface area contributed by atoms with Crippen LogP contribution in [0.1, 0.15) is 118 Å². The zero-order valence-electron chi connectivity index (χ0n) is 20.1. The quantitative estimate of drug-likeness (QED) is 0.517. The van der Waals surface area contributed by atoms with E-state index in [2.05, 4.69) is 20.8 Å². The molecular weight excluding hydrogens is 356 g/mol. The molecule has 0 aromatic heterocycles. The predicted molar refractivity (Wildman–Crippen MR) is 123 cm³/mol. The van der Waals surface area contributed by atoms with Gasteiger partial charge in [0.2, 0.25) is 0 Å². The number of fused-ring (bicyclic) bond motifs is 5. The smallest absolute Gasteiger partial charge is 0.0543 e. The standard InChI is InChI=1S/C25H44O2.C2H6/c1-4-19(26)7-5-6-17-9-11-22-21-10-8-18-16-20(27)12-14-25(18,3)23(21)13-15-24(17,22)2;1-2/h17-23,26-27H,4-16H2,1-3H3;1-2H3/t17-,18?,19?,20?,21?,22?,23?,24+,25?;/m0./s1. The zero-order valence-corrected chi connectivity index (χ0v) is 20.1. The highest BCUT2D eigenvalue weighted by Crippen LogP contribution is 2.67. The second-order valence-corrected chi connectivity index (χ2v) is 11.4. The SMILES string of the molecule is CC.CCC(O)CCC[C@H]1CCC2C3CCC4CC(O)CCC4(C)C3CC[C@@]21C. The summed E-state index contributed by atoms with van der Waals surface area (Å²) in [6.45, 7) is 11.3. The van der Waals surface area contributed by atoms with Crippen LogP contribution in [0.15, 0.2) is 0 Å². The van der Waals surface area contributed by atoms with E-state index in [-0.39, 0.29) is 12.2 Å². The van der Waals surface area contributed by atoms with E-state index >= 15 is 0 Å². The lowest BCUT2D eigenvalue weighted by molar-refractivity contribution is -0.127. The topological polar surface area (TPSA) is 40.5 Å². The molecule has 0 heterocycles. The fraction of sp³-hybridized carbons (Fsp3) is 1.00.